The molecule has 0 aliphatic heterocycles. The molecule has 0 aromatic heterocycles. The van der Waals surface area contributed by atoms with Crippen LogP contribution in [0.1, 0.15) is 25.0 Å². The summed E-state index contributed by atoms with van der Waals surface area (Å²) in [6.07, 6.45) is 1.80. The van der Waals surface area contributed by atoms with Crippen LogP contribution in [0.4, 0.5) is 0 Å². The minimum Gasteiger partial charge on any atom is -0.493 e. The molecule has 24 heavy (non-hydrogen) atoms. The Bertz CT molecular complexity index is 703. The van der Waals surface area contributed by atoms with E-state index in [4.69, 9.17) is 21.1 Å². The molecule has 0 unspecified atom stereocenters. The number of nitrogens with zero attached hydrogens (tertiary/aromatic N) is 1. The zero-order chi connectivity index (χ0) is 17.5. The van der Waals surface area contributed by atoms with Crippen molar-refractivity contribution in [2.45, 2.75) is 26.5 Å². The van der Waals surface area contributed by atoms with Gasteiger partial charge in [0.2, 0.25) is 0 Å². The van der Waals surface area contributed by atoms with E-state index in [9.17, 15) is 0 Å². The SMILES string of the molecule is COc1cc(/C=N\NCc2ccc(Cl)cc2)cc(Br)c1OC(C)C. The van der Waals surface area contributed by atoms with Crippen LogP contribution in [0, 0.1) is 0 Å². The van der Waals surface area contributed by atoms with E-state index in [0.717, 1.165) is 20.6 Å². The van der Waals surface area contributed by atoms with Crippen molar-refractivity contribution >= 4 is 33.7 Å². The standard InChI is InChI=1S/C18H20BrClN2O2/c1-12(2)24-18-16(19)8-14(9-17(18)23-3)11-22-21-10-13-4-6-15(20)7-5-13/h4-9,11-12,21H,10H2,1-3H3/b22-11-. The summed E-state index contributed by atoms with van der Waals surface area (Å²) in [5.74, 6) is 1.36. The van der Waals surface area contributed by atoms with Crippen LogP contribution >= 0.6 is 27.5 Å². The summed E-state index contributed by atoms with van der Waals surface area (Å²) >= 11 is 9.38. The largest absolute Gasteiger partial charge is 0.493 e. The molecule has 6 heteroatoms. The first-order valence-corrected chi connectivity index (χ1v) is 8.71. The van der Waals surface area contributed by atoms with Crippen LogP contribution in [0.2, 0.25) is 5.02 Å². The maximum absolute atomic E-state index is 5.86. The summed E-state index contributed by atoms with van der Waals surface area (Å²) in [5, 5.41) is 4.97. The Morgan fingerprint density at radius 1 is 1.25 bits per heavy atom. The number of rotatable bonds is 7. The van der Waals surface area contributed by atoms with Crippen LogP contribution in [0.5, 0.6) is 11.5 Å². The summed E-state index contributed by atoms with van der Waals surface area (Å²) in [5.41, 5.74) is 5.02. The van der Waals surface area contributed by atoms with Gasteiger partial charge in [0.15, 0.2) is 11.5 Å². The average Bonchev–Trinajstić information content (AvgIpc) is 2.55. The van der Waals surface area contributed by atoms with Gasteiger partial charge in [0.05, 0.1) is 30.4 Å². The second-order valence-corrected chi connectivity index (χ2v) is 6.71. The molecule has 1 N–H and O–H groups in total. The Kier molecular flexibility index (Phi) is 6.94. The number of hydrogen-bond donors (Lipinski definition) is 1. The van der Waals surface area contributed by atoms with Crippen LogP contribution in [-0.4, -0.2) is 19.4 Å². The fraction of sp³-hybridized carbons (Fsp3) is 0.278. The molecule has 0 amide bonds. The highest BCUT2D eigenvalue weighted by atomic mass is 79.9. The van der Waals surface area contributed by atoms with Crippen molar-refractivity contribution in [1.82, 2.24) is 5.43 Å². The van der Waals surface area contributed by atoms with Crippen molar-refractivity contribution in [2.24, 2.45) is 5.10 Å². The smallest absolute Gasteiger partial charge is 0.175 e. The van der Waals surface area contributed by atoms with Gasteiger partial charge in [0.25, 0.3) is 0 Å². The van der Waals surface area contributed by atoms with E-state index in [1.165, 1.54) is 0 Å². The zero-order valence-corrected chi connectivity index (χ0v) is 16.2. The van der Waals surface area contributed by atoms with E-state index >= 15 is 0 Å². The minimum absolute atomic E-state index is 0.0655. The molecule has 0 radical (unpaired) electrons. The van der Waals surface area contributed by atoms with Gasteiger partial charge in [-0.25, -0.2) is 0 Å². The Balaban J connectivity index is 2.03. The predicted molar refractivity (Wildman–Crippen MR) is 102 cm³/mol. The summed E-state index contributed by atoms with van der Waals surface area (Å²) < 4.78 is 12.0. The van der Waals surface area contributed by atoms with Crippen LogP contribution in [-0.2, 0) is 6.54 Å². The van der Waals surface area contributed by atoms with Crippen LogP contribution in [0.3, 0.4) is 0 Å². The highest BCUT2D eigenvalue weighted by Gasteiger charge is 2.12. The summed E-state index contributed by atoms with van der Waals surface area (Å²) in [4.78, 5) is 0. The Hall–Kier alpha value is -1.72. The molecule has 0 saturated carbocycles. The molecule has 0 aliphatic rings. The highest BCUT2D eigenvalue weighted by molar-refractivity contribution is 9.10. The lowest BCUT2D eigenvalue weighted by atomic mass is 10.2. The van der Waals surface area contributed by atoms with Gasteiger partial charge in [-0.2, -0.15) is 5.10 Å². The molecule has 0 bridgehead atoms. The van der Waals surface area contributed by atoms with Gasteiger partial charge in [-0.15, -0.1) is 0 Å². The first-order valence-electron chi connectivity index (χ1n) is 7.54. The number of benzene rings is 2. The van der Waals surface area contributed by atoms with Gasteiger partial charge in [-0.1, -0.05) is 23.7 Å². The number of nitrogens with one attached hydrogen (secondary N) is 1. The van der Waals surface area contributed by atoms with Gasteiger partial charge < -0.3 is 14.9 Å². The van der Waals surface area contributed by atoms with Crippen molar-refractivity contribution in [3.63, 3.8) is 0 Å². The van der Waals surface area contributed by atoms with Crippen molar-refractivity contribution in [1.29, 1.82) is 0 Å². The van der Waals surface area contributed by atoms with E-state index in [1.807, 2.05) is 50.2 Å². The van der Waals surface area contributed by atoms with Crippen molar-refractivity contribution in [2.75, 3.05) is 7.11 Å². The molecule has 4 nitrogen and oxygen atoms in total. The molecule has 0 heterocycles. The van der Waals surface area contributed by atoms with Gasteiger partial charge in [0, 0.05) is 5.02 Å². The van der Waals surface area contributed by atoms with E-state index in [-0.39, 0.29) is 6.10 Å². The first-order chi connectivity index (χ1) is 11.5. The lowest BCUT2D eigenvalue weighted by Gasteiger charge is -2.15. The third-order valence-electron chi connectivity index (χ3n) is 3.11. The predicted octanol–water partition coefficient (Wildman–Crippen LogP) is 5.02. The Morgan fingerprint density at radius 2 is 1.96 bits per heavy atom. The number of hydrazone groups is 1. The van der Waals surface area contributed by atoms with E-state index in [2.05, 4.69) is 26.5 Å². The van der Waals surface area contributed by atoms with Crippen LogP contribution in [0.25, 0.3) is 0 Å². The fourth-order valence-corrected chi connectivity index (χ4v) is 2.70. The molecule has 0 atom stereocenters. The van der Waals surface area contributed by atoms with Gasteiger partial charge in [-0.05, 0) is 65.2 Å². The van der Waals surface area contributed by atoms with Gasteiger partial charge >= 0.3 is 0 Å². The Morgan fingerprint density at radius 3 is 2.58 bits per heavy atom. The monoisotopic (exact) mass is 410 g/mol. The Labute approximate surface area is 155 Å². The molecule has 128 valence electrons. The van der Waals surface area contributed by atoms with Crippen LogP contribution in [0.15, 0.2) is 46.0 Å². The number of hydrogen-bond acceptors (Lipinski definition) is 4. The summed E-state index contributed by atoms with van der Waals surface area (Å²) in [7, 11) is 1.62. The zero-order valence-electron chi connectivity index (χ0n) is 13.8. The second-order valence-electron chi connectivity index (χ2n) is 5.42. The summed E-state index contributed by atoms with van der Waals surface area (Å²) in [6, 6.07) is 11.5. The third-order valence-corrected chi connectivity index (χ3v) is 3.95. The molecule has 2 rings (SSSR count). The quantitative estimate of drug-likeness (QED) is 0.514. The number of ether oxygens (including phenoxy) is 2. The molecule has 0 aliphatic carbocycles. The van der Waals surface area contributed by atoms with Crippen molar-refractivity contribution in [3.8, 4) is 11.5 Å². The van der Waals surface area contributed by atoms with E-state index in [1.54, 1.807) is 13.3 Å². The molecule has 2 aromatic rings. The molecule has 2 aromatic carbocycles. The molecule has 0 fully saturated rings. The average molecular weight is 412 g/mol. The highest BCUT2D eigenvalue weighted by Crippen LogP contribution is 2.36. The maximum Gasteiger partial charge on any atom is 0.175 e. The first kappa shape index (κ1) is 18.6. The van der Waals surface area contributed by atoms with Crippen LogP contribution < -0.4 is 14.9 Å². The molecular weight excluding hydrogens is 392 g/mol. The number of halogens is 2. The van der Waals surface area contributed by atoms with Crippen molar-refractivity contribution in [3.05, 3.63) is 57.0 Å². The normalized spacial score (nSPS) is 11.1. The third kappa shape index (κ3) is 5.42. The summed E-state index contributed by atoms with van der Waals surface area (Å²) in [6.45, 7) is 4.57. The molecule has 0 spiro atoms. The second kappa shape index (κ2) is 8.94. The van der Waals surface area contributed by atoms with Gasteiger partial charge in [0.1, 0.15) is 0 Å². The maximum atomic E-state index is 5.86. The lowest BCUT2D eigenvalue weighted by Crippen LogP contribution is -2.08. The topological polar surface area (TPSA) is 42.8 Å². The van der Waals surface area contributed by atoms with Crippen molar-refractivity contribution < 1.29 is 9.47 Å². The molecule has 0 saturated heterocycles. The van der Waals surface area contributed by atoms with E-state index in [0.29, 0.717) is 18.0 Å². The lowest BCUT2D eigenvalue weighted by molar-refractivity contribution is 0.228. The fourth-order valence-electron chi connectivity index (χ4n) is 2.02. The molecular formula is C18H20BrClN2O2. The van der Waals surface area contributed by atoms with E-state index < -0.39 is 0 Å². The number of methoxy groups -OCH3 is 1. The van der Waals surface area contributed by atoms with Gasteiger partial charge in [-0.3, -0.25) is 0 Å². The minimum atomic E-state index is 0.0655.